The van der Waals surface area contributed by atoms with Crippen LogP contribution in [0.5, 0.6) is 0 Å². The van der Waals surface area contributed by atoms with Crippen molar-refractivity contribution in [3.63, 3.8) is 0 Å². The van der Waals surface area contributed by atoms with Gasteiger partial charge in [-0.2, -0.15) is 0 Å². The van der Waals surface area contributed by atoms with E-state index < -0.39 is 5.97 Å². The van der Waals surface area contributed by atoms with E-state index in [1.807, 2.05) is 50.2 Å². The minimum atomic E-state index is -0.918. The number of hydrogen-bond acceptors (Lipinski definition) is 2. The molecule has 3 heteroatoms. The van der Waals surface area contributed by atoms with Crippen LogP contribution in [0.25, 0.3) is 0 Å². The van der Waals surface area contributed by atoms with E-state index in [0.717, 1.165) is 5.56 Å². The van der Waals surface area contributed by atoms with Crippen LogP contribution < -0.4 is 0 Å². The van der Waals surface area contributed by atoms with Crippen molar-refractivity contribution in [3.8, 4) is 0 Å². The Hall–Kier alpha value is -1.61. The Balaban J connectivity index is 2.94. The minimum absolute atomic E-state index is 0.00306. The number of carboxylic acids is 1. The molecule has 0 heterocycles. The molecule has 0 amide bonds. The monoisotopic (exact) mass is 219 g/mol. The normalized spacial score (nSPS) is 13.2. The highest BCUT2D eigenvalue weighted by Gasteiger charge is 2.10. The van der Waals surface area contributed by atoms with E-state index in [2.05, 4.69) is 0 Å². The SMILES string of the molecule is Cc1ccc(C(/C=C/C(=O)O)N(C)C)cc1. The molecule has 1 aromatic carbocycles. The third-order valence-corrected chi connectivity index (χ3v) is 2.40. The molecule has 0 aliphatic carbocycles. The van der Waals surface area contributed by atoms with Crippen LogP contribution >= 0.6 is 0 Å². The van der Waals surface area contributed by atoms with Crippen molar-refractivity contribution < 1.29 is 9.90 Å². The van der Waals surface area contributed by atoms with Crippen LogP contribution in [-0.2, 0) is 4.79 Å². The number of aryl methyl sites for hydroxylation is 1. The van der Waals surface area contributed by atoms with Crippen molar-refractivity contribution >= 4 is 5.97 Å². The van der Waals surface area contributed by atoms with Gasteiger partial charge in [-0.05, 0) is 26.6 Å². The standard InChI is InChI=1S/C13H17NO2/c1-10-4-6-11(7-5-10)12(14(2)3)8-9-13(15)16/h4-9,12H,1-3H3,(H,15,16)/b9-8+. The smallest absolute Gasteiger partial charge is 0.328 e. The number of nitrogens with zero attached hydrogens (tertiary/aromatic N) is 1. The van der Waals surface area contributed by atoms with Crippen LogP contribution in [0.3, 0.4) is 0 Å². The van der Waals surface area contributed by atoms with E-state index in [0.29, 0.717) is 0 Å². The molecule has 0 bridgehead atoms. The van der Waals surface area contributed by atoms with Crippen molar-refractivity contribution in [1.29, 1.82) is 0 Å². The van der Waals surface area contributed by atoms with Crippen LogP contribution in [0, 0.1) is 6.92 Å². The fourth-order valence-electron chi connectivity index (χ4n) is 1.52. The lowest BCUT2D eigenvalue weighted by Crippen LogP contribution is -2.18. The predicted molar refractivity (Wildman–Crippen MR) is 64.4 cm³/mol. The lowest BCUT2D eigenvalue weighted by Gasteiger charge is -2.21. The summed E-state index contributed by atoms with van der Waals surface area (Å²) in [7, 11) is 3.85. The maximum atomic E-state index is 10.5. The molecule has 1 aromatic rings. The number of rotatable bonds is 4. The summed E-state index contributed by atoms with van der Waals surface area (Å²) in [4.78, 5) is 12.5. The van der Waals surface area contributed by atoms with Gasteiger partial charge in [0, 0.05) is 6.08 Å². The summed E-state index contributed by atoms with van der Waals surface area (Å²) in [5.74, 6) is -0.918. The first-order valence-electron chi connectivity index (χ1n) is 5.15. The fraction of sp³-hybridized carbons (Fsp3) is 0.308. The maximum Gasteiger partial charge on any atom is 0.328 e. The highest BCUT2D eigenvalue weighted by molar-refractivity contribution is 5.79. The Bertz CT molecular complexity index is 379. The van der Waals surface area contributed by atoms with Crippen LogP contribution in [0.1, 0.15) is 17.2 Å². The molecule has 86 valence electrons. The molecule has 0 aliphatic heterocycles. The van der Waals surface area contributed by atoms with Crippen LogP contribution in [0.2, 0.25) is 0 Å². The summed E-state index contributed by atoms with van der Waals surface area (Å²) in [6.07, 6.45) is 2.87. The van der Waals surface area contributed by atoms with E-state index in [9.17, 15) is 4.79 Å². The zero-order valence-corrected chi connectivity index (χ0v) is 9.84. The molecule has 0 aromatic heterocycles. The third kappa shape index (κ3) is 3.51. The largest absolute Gasteiger partial charge is 0.478 e. The van der Waals surface area contributed by atoms with E-state index in [4.69, 9.17) is 5.11 Å². The molecule has 0 saturated heterocycles. The maximum absolute atomic E-state index is 10.5. The van der Waals surface area contributed by atoms with E-state index in [1.165, 1.54) is 11.6 Å². The van der Waals surface area contributed by atoms with Gasteiger partial charge in [-0.1, -0.05) is 35.9 Å². The molecule has 1 unspecified atom stereocenters. The molecule has 1 atom stereocenters. The van der Waals surface area contributed by atoms with Crippen molar-refractivity contribution in [2.24, 2.45) is 0 Å². The first-order valence-corrected chi connectivity index (χ1v) is 5.15. The second-order valence-corrected chi connectivity index (χ2v) is 4.02. The van der Waals surface area contributed by atoms with Gasteiger partial charge in [-0.15, -0.1) is 0 Å². The van der Waals surface area contributed by atoms with Gasteiger partial charge in [0.15, 0.2) is 0 Å². The average Bonchev–Trinajstić information content (AvgIpc) is 2.20. The molecule has 3 nitrogen and oxygen atoms in total. The first-order chi connectivity index (χ1) is 7.50. The Kier molecular flexibility index (Phi) is 4.26. The fourth-order valence-corrected chi connectivity index (χ4v) is 1.52. The lowest BCUT2D eigenvalue weighted by molar-refractivity contribution is -0.131. The molecular weight excluding hydrogens is 202 g/mol. The van der Waals surface area contributed by atoms with Crippen LogP contribution in [-0.4, -0.2) is 30.1 Å². The van der Waals surface area contributed by atoms with E-state index in [1.54, 1.807) is 6.08 Å². The minimum Gasteiger partial charge on any atom is -0.478 e. The summed E-state index contributed by atoms with van der Waals surface area (Å²) >= 11 is 0. The summed E-state index contributed by atoms with van der Waals surface area (Å²) in [6, 6.07) is 8.09. The Morgan fingerprint density at radius 2 is 1.88 bits per heavy atom. The quantitative estimate of drug-likeness (QED) is 0.789. The van der Waals surface area contributed by atoms with Gasteiger partial charge in [0.1, 0.15) is 0 Å². The van der Waals surface area contributed by atoms with E-state index >= 15 is 0 Å². The molecule has 0 fully saturated rings. The van der Waals surface area contributed by atoms with Crippen molar-refractivity contribution in [2.75, 3.05) is 14.1 Å². The number of carboxylic acid groups (broad SMARTS) is 1. The zero-order chi connectivity index (χ0) is 12.1. The van der Waals surface area contributed by atoms with Crippen molar-refractivity contribution in [3.05, 3.63) is 47.5 Å². The van der Waals surface area contributed by atoms with Gasteiger partial charge in [-0.3, -0.25) is 4.90 Å². The zero-order valence-electron chi connectivity index (χ0n) is 9.84. The van der Waals surface area contributed by atoms with Crippen LogP contribution in [0.15, 0.2) is 36.4 Å². The summed E-state index contributed by atoms with van der Waals surface area (Å²) in [5, 5.41) is 8.63. The molecule has 1 rings (SSSR count). The molecule has 0 spiro atoms. The van der Waals surface area contributed by atoms with E-state index in [-0.39, 0.29) is 6.04 Å². The highest BCUT2D eigenvalue weighted by Crippen LogP contribution is 2.19. The molecular formula is C13H17NO2. The molecule has 0 aliphatic rings. The number of carbonyl (C=O) groups is 1. The number of likely N-dealkylation sites (N-methyl/N-ethyl adjacent to an activating group) is 1. The topological polar surface area (TPSA) is 40.5 Å². The number of benzene rings is 1. The molecule has 0 saturated carbocycles. The van der Waals surface area contributed by atoms with Gasteiger partial charge in [-0.25, -0.2) is 4.79 Å². The summed E-state index contributed by atoms with van der Waals surface area (Å²) in [5.41, 5.74) is 2.29. The lowest BCUT2D eigenvalue weighted by atomic mass is 10.0. The Labute approximate surface area is 96.0 Å². The van der Waals surface area contributed by atoms with Gasteiger partial charge in [0.2, 0.25) is 0 Å². The number of aliphatic carboxylic acids is 1. The predicted octanol–water partition coefficient (Wildman–Crippen LogP) is 2.24. The van der Waals surface area contributed by atoms with Crippen molar-refractivity contribution in [1.82, 2.24) is 4.90 Å². The molecule has 1 N–H and O–H groups in total. The van der Waals surface area contributed by atoms with Gasteiger partial charge in [0.25, 0.3) is 0 Å². The average molecular weight is 219 g/mol. The Morgan fingerprint density at radius 1 is 1.31 bits per heavy atom. The molecule has 0 radical (unpaired) electrons. The van der Waals surface area contributed by atoms with Gasteiger partial charge < -0.3 is 5.11 Å². The van der Waals surface area contributed by atoms with Gasteiger partial charge >= 0.3 is 5.97 Å². The Morgan fingerprint density at radius 3 is 2.31 bits per heavy atom. The van der Waals surface area contributed by atoms with Gasteiger partial charge in [0.05, 0.1) is 6.04 Å². The van der Waals surface area contributed by atoms with Crippen LogP contribution in [0.4, 0.5) is 0 Å². The first kappa shape index (κ1) is 12.5. The molecule has 16 heavy (non-hydrogen) atoms. The number of hydrogen-bond donors (Lipinski definition) is 1. The second kappa shape index (κ2) is 5.47. The summed E-state index contributed by atoms with van der Waals surface area (Å²) < 4.78 is 0. The third-order valence-electron chi connectivity index (χ3n) is 2.40. The second-order valence-electron chi connectivity index (χ2n) is 4.02. The highest BCUT2D eigenvalue weighted by atomic mass is 16.4. The summed E-state index contributed by atoms with van der Waals surface area (Å²) in [6.45, 7) is 2.03. The van der Waals surface area contributed by atoms with Crippen molar-refractivity contribution in [2.45, 2.75) is 13.0 Å².